The van der Waals surface area contributed by atoms with Crippen LogP contribution in [-0.2, 0) is 16.1 Å². The van der Waals surface area contributed by atoms with Gasteiger partial charge in [0.2, 0.25) is 17.8 Å². The van der Waals surface area contributed by atoms with E-state index in [0.717, 1.165) is 63.4 Å². The lowest BCUT2D eigenvalue weighted by atomic mass is 9.82. The van der Waals surface area contributed by atoms with Gasteiger partial charge in [-0.15, -0.1) is 5.10 Å². The number of likely N-dealkylation sites (N-methyl/N-ethyl adjacent to an activating group) is 1. The Morgan fingerprint density at radius 1 is 1.10 bits per heavy atom. The van der Waals surface area contributed by atoms with Crippen LogP contribution in [0.4, 0.5) is 21.7 Å². The van der Waals surface area contributed by atoms with E-state index in [4.69, 9.17) is 4.98 Å². The predicted molar refractivity (Wildman–Crippen MR) is 146 cm³/mol. The fourth-order valence-corrected chi connectivity index (χ4v) is 6.55. The average molecular weight is 551 g/mol. The van der Waals surface area contributed by atoms with Crippen LogP contribution in [0.25, 0.3) is 5.65 Å². The third-order valence-corrected chi connectivity index (χ3v) is 8.89. The van der Waals surface area contributed by atoms with Crippen LogP contribution in [0, 0.1) is 5.92 Å². The molecule has 3 aliphatic heterocycles. The first kappa shape index (κ1) is 25.2. The molecule has 2 atom stereocenters. The summed E-state index contributed by atoms with van der Waals surface area (Å²) in [5.74, 6) is 0.500. The van der Waals surface area contributed by atoms with Crippen molar-refractivity contribution in [1.82, 2.24) is 39.1 Å². The van der Waals surface area contributed by atoms with E-state index in [1.165, 1.54) is 0 Å². The molecule has 1 N–H and O–H groups in total. The van der Waals surface area contributed by atoms with Gasteiger partial charge in [0, 0.05) is 69.7 Å². The Labute approximate surface area is 231 Å². The Morgan fingerprint density at radius 3 is 2.58 bits per heavy atom. The number of piperazine rings is 2. The molecule has 0 aromatic carbocycles. The van der Waals surface area contributed by atoms with Gasteiger partial charge < -0.3 is 24.9 Å². The summed E-state index contributed by atoms with van der Waals surface area (Å²) in [5, 5.41) is 12.2. The van der Waals surface area contributed by atoms with Crippen LogP contribution >= 0.6 is 0 Å². The van der Waals surface area contributed by atoms with Gasteiger partial charge in [-0.1, -0.05) is 0 Å². The number of nitrogens with one attached hydrogen (secondary N) is 1. The minimum Gasteiger partial charge on any atom is -0.364 e. The molecule has 2 amide bonds. The first-order valence-corrected chi connectivity index (χ1v) is 14.2. The molecule has 2 bridgehead atoms. The summed E-state index contributed by atoms with van der Waals surface area (Å²) in [6.07, 6.45) is 7.21. The fraction of sp³-hybridized carbons (Fsp3) is 0.593. The second kappa shape index (κ2) is 10.0. The van der Waals surface area contributed by atoms with Gasteiger partial charge in [-0.3, -0.25) is 14.3 Å². The maximum absolute atomic E-state index is 13.4. The van der Waals surface area contributed by atoms with Gasteiger partial charge >= 0.3 is 0 Å². The number of halogens is 1. The summed E-state index contributed by atoms with van der Waals surface area (Å²) in [6.45, 7) is 4.91. The van der Waals surface area contributed by atoms with Crippen molar-refractivity contribution in [3.63, 3.8) is 0 Å². The zero-order chi connectivity index (χ0) is 27.4. The van der Waals surface area contributed by atoms with E-state index in [1.807, 2.05) is 23.2 Å². The van der Waals surface area contributed by atoms with Crippen molar-refractivity contribution >= 4 is 34.8 Å². The highest BCUT2D eigenvalue weighted by Gasteiger charge is 2.47. The molecule has 40 heavy (non-hydrogen) atoms. The maximum atomic E-state index is 13.4. The number of hydrogen-bond acceptors (Lipinski definition) is 8. The van der Waals surface area contributed by atoms with Crippen molar-refractivity contribution in [1.29, 1.82) is 0 Å². The Morgan fingerprint density at radius 2 is 1.85 bits per heavy atom. The van der Waals surface area contributed by atoms with Crippen LogP contribution < -0.4 is 10.2 Å². The van der Waals surface area contributed by atoms with Gasteiger partial charge in [0.1, 0.15) is 12.7 Å². The summed E-state index contributed by atoms with van der Waals surface area (Å²) in [7, 11) is 2.07. The molecule has 2 unspecified atom stereocenters. The number of amides is 2. The molecule has 7 rings (SSSR count). The van der Waals surface area contributed by atoms with E-state index in [9.17, 15) is 14.0 Å². The molecule has 0 spiro atoms. The monoisotopic (exact) mass is 550 g/mol. The minimum absolute atomic E-state index is 0.0632. The summed E-state index contributed by atoms with van der Waals surface area (Å²) >= 11 is 0. The van der Waals surface area contributed by atoms with E-state index in [-0.39, 0.29) is 36.4 Å². The van der Waals surface area contributed by atoms with Crippen molar-refractivity contribution in [2.75, 3.05) is 56.5 Å². The highest BCUT2D eigenvalue weighted by atomic mass is 19.1. The molecular formula is C27H35FN10O2. The molecule has 1 aliphatic carbocycles. The molecular weight excluding hydrogens is 515 g/mol. The quantitative estimate of drug-likeness (QED) is 0.491. The molecule has 4 fully saturated rings. The van der Waals surface area contributed by atoms with Crippen LogP contribution in [0.5, 0.6) is 0 Å². The van der Waals surface area contributed by atoms with Gasteiger partial charge in [0.15, 0.2) is 5.65 Å². The van der Waals surface area contributed by atoms with Gasteiger partial charge in [0.05, 0.1) is 17.6 Å². The number of anilines is 3. The van der Waals surface area contributed by atoms with Crippen LogP contribution in [0.15, 0.2) is 30.7 Å². The zero-order valence-electron chi connectivity index (χ0n) is 22.7. The van der Waals surface area contributed by atoms with E-state index in [0.29, 0.717) is 24.5 Å². The topological polar surface area (TPSA) is 107 Å². The van der Waals surface area contributed by atoms with E-state index >= 15 is 0 Å². The maximum Gasteiger partial charge on any atom is 0.247 e. The highest BCUT2D eigenvalue weighted by Crippen LogP contribution is 2.39. The molecule has 4 aliphatic rings. The number of carbonyl (C=O) groups excluding carboxylic acids is 2. The number of alkyl halides is 1. The molecule has 212 valence electrons. The van der Waals surface area contributed by atoms with E-state index in [1.54, 1.807) is 21.6 Å². The van der Waals surface area contributed by atoms with Crippen molar-refractivity contribution in [3.05, 3.63) is 30.7 Å². The molecule has 0 radical (unpaired) electrons. The normalized spacial score (nSPS) is 26.8. The lowest BCUT2D eigenvalue weighted by Gasteiger charge is -2.44. The Hall–Kier alpha value is -3.74. The number of fused-ring (bicyclic) bond motifs is 3. The van der Waals surface area contributed by atoms with Crippen LogP contribution in [-0.4, -0.2) is 115 Å². The van der Waals surface area contributed by atoms with Crippen LogP contribution in [0.3, 0.4) is 0 Å². The molecule has 12 nitrogen and oxygen atoms in total. The molecule has 3 aromatic heterocycles. The summed E-state index contributed by atoms with van der Waals surface area (Å²) < 4.78 is 16.8. The summed E-state index contributed by atoms with van der Waals surface area (Å²) in [5.41, 5.74) is 2.43. The number of nitrogens with zero attached hydrogens (tertiary/aromatic N) is 9. The molecule has 1 saturated carbocycles. The minimum atomic E-state index is -0.819. The fourth-order valence-electron chi connectivity index (χ4n) is 6.55. The largest absolute Gasteiger partial charge is 0.364 e. The third kappa shape index (κ3) is 4.65. The molecule has 3 aromatic rings. The van der Waals surface area contributed by atoms with Gasteiger partial charge in [0.25, 0.3) is 0 Å². The zero-order valence-corrected chi connectivity index (χ0v) is 22.7. The van der Waals surface area contributed by atoms with Crippen molar-refractivity contribution in [2.45, 2.75) is 50.5 Å². The van der Waals surface area contributed by atoms with Crippen molar-refractivity contribution in [3.8, 4) is 0 Å². The predicted octanol–water partition coefficient (Wildman–Crippen LogP) is 1.37. The van der Waals surface area contributed by atoms with Gasteiger partial charge in [-0.05, 0) is 44.9 Å². The second-order valence-corrected chi connectivity index (χ2v) is 11.6. The first-order valence-electron chi connectivity index (χ1n) is 14.2. The summed E-state index contributed by atoms with van der Waals surface area (Å²) in [6, 6.07) is 4.29. The third-order valence-electron chi connectivity index (χ3n) is 8.89. The Kier molecular flexibility index (Phi) is 6.32. The lowest BCUT2D eigenvalue weighted by Crippen LogP contribution is -2.58. The SMILES string of the molecule is CN1CCN(C(=O)Cn2cc(Nc3nc4c(N5CC6CCC(C5)N6C(=O)C5CC(F)C5)cccn4n3)cn2)CC1. The van der Waals surface area contributed by atoms with Crippen LogP contribution in [0.1, 0.15) is 25.7 Å². The number of hydrogen-bond donors (Lipinski definition) is 1. The molecule has 6 heterocycles. The standard InChI is InChI=1S/C27H35FN10O2/c1-33-7-9-34(10-8-33)24(39)17-36-14-20(13-29-36)30-27-31-25-23(3-2-6-37(25)32-27)35-15-21-4-5-22(16-35)38(21)26(40)18-11-19(28)12-18/h2-3,6,13-14,18-19,21-22H,4-5,7-12,15-17H2,1H3,(H,30,32). The van der Waals surface area contributed by atoms with E-state index < -0.39 is 6.17 Å². The number of pyridine rings is 1. The Bertz CT molecular complexity index is 1400. The van der Waals surface area contributed by atoms with Crippen LogP contribution in [0.2, 0.25) is 0 Å². The second-order valence-electron chi connectivity index (χ2n) is 11.6. The number of rotatable bonds is 6. The highest BCUT2D eigenvalue weighted by molar-refractivity contribution is 5.82. The lowest BCUT2D eigenvalue weighted by molar-refractivity contribution is -0.144. The molecule has 13 heteroatoms. The van der Waals surface area contributed by atoms with Gasteiger partial charge in [-0.25, -0.2) is 8.91 Å². The molecule has 3 saturated heterocycles. The number of aromatic nitrogens is 5. The van der Waals surface area contributed by atoms with Crippen molar-refractivity contribution < 1.29 is 14.0 Å². The van der Waals surface area contributed by atoms with Gasteiger partial charge in [-0.2, -0.15) is 10.1 Å². The number of carbonyl (C=O) groups is 2. The Balaban J connectivity index is 1.02. The van der Waals surface area contributed by atoms with E-state index in [2.05, 4.69) is 37.3 Å². The van der Waals surface area contributed by atoms with Crippen molar-refractivity contribution in [2.24, 2.45) is 5.92 Å². The smallest absolute Gasteiger partial charge is 0.247 e. The first-order chi connectivity index (χ1) is 19.4. The average Bonchev–Trinajstić information content (AvgIpc) is 3.62. The summed E-state index contributed by atoms with van der Waals surface area (Å²) in [4.78, 5) is 39.0.